The summed E-state index contributed by atoms with van der Waals surface area (Å²) in [6.07, 6.45) is 4.00. The van der Waals surface area contributed by atoms with Gasteiger partial charge in [-0.2, -0.15) is 0 Å². The Labute approximate surface area is 79.5 Å². The minimum absolute atomic E-state index is 0. The first-order valence-corrected chi connectivity index (χ1v) is 4.28. The molecule has 1 unspecified atom stereocenters. The number of primary amides is 1. The molecule has 0 aromatic rings. The number of hydrogen-bond donors (Lipinski definition) is 2. The molecule has 1 fully saturated rings. The first-order valence-electron chi connectivity index (χ1n) is 4.28. The van der Waals surface area contributed by atoms with Crippen LogP contribution in [0.2, 0.25) is 0 Å². The van der Waals surface area contributed by atoms with Gasteiger partial charge in [0.1, 0.15) is 0 Å². The average Bonchev–Trinajstić information content (AvgIpc) is 2.03. The van der Waals surface area contributed by atoms with Gasteiger partial charge in [0.15, 0.2) is 0 Å². The van der Waals surface area contributed by atoms with Crippen molar-refractivity contribution >= 4 is 18.3 Å². The van der Waals surface area contributed by atoms with Crippen molar-refractivity contribution in [1.82, 2.24) is 5.32 Å². The van der Waals surface area contributed by atoms with Crippen LogP contribution in [0.3, 0.4) is 0 Å². The Morgan fingerprint density at radius 3 is 2.83 bits per heavy atom. The molecule has 3 nitrogen and oxygen atoms in total. The maximum atomic E-state index is 10.4. The highest BCUT2D eigenvalue weighted by Crippen LogP contribution is 2.15. The van der Waals surface area contributed by atoms with E-state index in [-0.39, 0.29) is 18.3 Å². The molecule has 0 aromatic heterocycles. The molecule has 1 saturated heterocycles. The summed E-state index contributed by atoms with van der Waals surface area (Å²) in [5, 5.41) is 3.31. The standard InChI is InChI=1S/C8H16N2O.ClH/c9-8(11)4-3-7-2-1-5-10-6-7;/h7,10H,1-6H2,(H2,9,11);1H. The Morgan fingerprint density at radius 1 is 1.58 bits per heavy atom. The van der Waals surface area contributed by atoms with Crippen LogP contribution in [-0.4, -0.2) is 19.0 Å². The normalized spacial score (nSPS) is 22.8. The topological polar surface area (TPSA) is 55.1 Å². The molecule has 3 N–H and O–H groups in total. The first kappa shape index (κ1) is 11.7. The van der Waals surface area contributed by atoms with Crippen molar-refractivity contribution < 1.29 is 4.79 Å². The van der Waals surface area contributed by atoms with E-state index >= 15 is 0 Å². The highest BCUT2D eigenvalue weighted by atomic mass is 35.5. The molecule has 12 heavy (non-hydrogen) atoms. The van der Waals surface area contributed by atoms with Crippen LogP contribution in [0.5, 0.6) is 0 Å². The van der Waals surface area contributed by atoms with Crippen molar-refractivity contribution in [3.05, 3.63) is 0 Å². The van der Waals surface area contributed by atoms with E-state index < -0.39 is 0 Å². The van der Waals surface area contributed by atoms with Crippen LogP contribution in [-0.2, 0) is 4.79 Å². The Bertz CT molecular complexity index is 135. The second kappa shape index (κ2) is 6.26. The summed E-state index contributed by atoms with van der Waals surface area (Å²) in [5.41, 5.74) is 5.05. The molecule has 0 saturated carbocycles. The van der Waals surface area contributed by atoms with E-state index in [2.05, 4.69) is 5.32 Å². The number of amides is 1. The fraction of sp³-hybridized carbons (Fsp3) is 0.875. The lowest BCUT2D eigenvalue weighted by Crippen LogP contribution is -2.30. The van der Waals surface area contributed by atoms with E-state index in [4.69, 9.17) is 5.73 Å². The van der Waals surface area contributed by atoms with Crippen molar-refractivity contribution in [3.8, 4) is 0 Å². The Balaban J connectivity index is 0.00000121. The smallest absolute Gasteiger partial charge is 0.217 e. The average molecular weight is 193 g/mol. The zero-order valence-electron chi connectivity index (χ0n) is 7.21. The number of carbonyl (C=O) groups excluding carboxylic acids is 1. The lowest BCUT2D eigenvalue weighted by Gasteiger charge is -2.21. The zero-order chi connectivity index (χ0) is 8.10. The largest absolute Gasteiger partial charge is 0.370 e. The molecule has 1 amide bonds. The van der Waals surface area contributed by atoms with Crippen LogP contribution in [0.4, 0.5) is 0 Å². The first-order chi connectivity index (χ1) is 5.29. The van der Waals surface area contributed by atoms with Crippen LogP contribution in [0.15, 0.2) is 0 Å². The van der Waals surface area contributed by atoms with Gasteiger partial charge in [0.25, 0.3) is 0 Å². The van der Waals surface area contributed by atoms with E-state index in [1.165, 1.54) is 12.8 Å². The highest BCUT2D eigenvalue weighted by Gasteiger charge is 2.12. The lowest BCUT2D eigenvalue weighted by molar-refractivity contribution is -0.118. The fourth-order valence-electron chi connectivity index (χ4n) is 1.52. The van der Waals surface area contributed by atoms with Gasteiger partial charge in [-0.15, -0.1) is 12.4 Å². The Hall–Kier alpha value is -0.280. The van der Waals surface area contributed by atoms with Crippen LogP contribution < -0.4 is 11.1 Å². The second-order valence-electron chi connectivity index (χ2n) is 3.22. The van der Waals surface area contributed by atoms with Crippen LogP contribution in [0.25, 0.3) is 0 Å². The van der Waals surface area contributed by atoms with E-state index in [1.807, 2.05) is 0 Å². The van der Waals surface area contributed by atoms with Gasteiger partial charge in [-0.25, -0.2) is 0 Å². The van der Waals surface area contributed by atoms with Gasteiger partial charge >= 0.3 is 0 Å². The number of nitrogens with two attached hydrogens (primary N) is 1. The predicted molar refractivity (Wildman–Crippen MR) is 51.3 cm³/mol. The van der Waals surface area contributed by atoms with Gasteiger partial charge < -0.3 is 11.1 Å². The van der Waals surface area contributed by atoms with Gasteiger partial charge in [-0.05, 0) is 38.3 Å². The van der Waals surface area contributed by atoms with Gasteiger partial charge in [0, 0.05) is 6.42 Å². The molecule has 0 aromatic carbocycles. The van der Waals surface area contributed by atoms with Crippen molar-refractivity contribution in [2.24, 2.45) is 11.7 Å². The molecule has 1 aliphatic heterocycles. The van der Waals surface area contributed by atoms with E-state index in [1.54, 1.807) is 0 Å². The van der Waals surface area contributed by atoms with E-state index in [0.29, 0.717) is 12.3 Å². The number of hydrogen-bond acceptors (Lipinski definition) is 2. The quantitative estimate of drug-likeness (QED) is 0.691. The van der Waals surface area contributed by atoms with Crippen molar-refractivity contribution in [3.63, 3.8) is 0 Å². The minimum Gasteiger partial charge on any atom is -0.370 e. The molecular weight excluding hydrogens is 176 g/mol. The number of rotatable bonds is 3. The van der Waals surface area contributed by atoms with E-state index in [9.17, 15) is 4.79 Å². The van der Waals surface area contributed by atoms with Crippen molar-refractivity contribution in [1.29, 1.82) is 0 Å². The molecule has 72 valence electrons. The monoisotopic (exact) mass is 192 g/mol. The molecule has 1 heterocycles. The maximum absolute atomic E-state index is 10.4. The third kappa shape index (κ3) is 4.57. The molecule has 1 rings (SSSR count). The van der Waals surface area contributed by atoms with Crippen LogP contribution in [0, 0.1) is 5.92 Å². The van der Waals surface area contributed by atoms with Crippen molar-refractivity contribution in [2.45, 2.75) is 25.7 Å². The summed E-state index contributed by atoms with van der Waals surface area (Å²) in [4.78, 5) is 10.4. The number of halogens is 1. The molecule has 1 atom stereocenters. The molecule has 1 aliphatic rings. The third-order valence-corrected chi connectivity index (χ3v) is 2.20. The Kier molecular flexibility index (Phi) is 6.11. The summed E-state index contributed by atoms with van der Waals surface area (Å²) in [6.45, 7) is 2.19. The molecular formula is C8H17ClN2O. The molecule has 0 spiro atoms. The molecule has 0 bridgehead atoms. The molecule has 0 aliphatic carbocycles. The fourth-order valence-corrected chi connectivity index (χ4v) is 1.52. The zero-order valence-corrected chi connectivity index (χ0v) is 8.03. The summed E-state index contributed by atoms with van der Waals surface area (Å²) < 4.78 is 0. The number of piperidine rings is 1. The van der Waals surface area contributed by atoms with Crippen LogP contribution >= 0.6 is 12.4 Å². The molecule has 4 heteroatoms. The number of nitrogens with one attached hydrogen (secondary N) is 1. The maximum Gasteiger partial charge on any atom is 0.217 e. The second-order valence-corrected chi connectivity index (χ2v) is 3.22. The van der Waals surface area contributed by atoms with Gasteiger partial charge in [-0.1, -0.05) is 0 Å². The van der Waals surface area contributed by atoms with Gasteiger partial charge in [0.2, 0.25) is 5.91 Å². The number of carbonyl (C=O) groups is 1. The minimum atomic E-state index is -0.171. The van der Waals surface area contributed by atoms with E-state index in [0.717, 1.165) is 19.5 Å². The summed E-state index contributed by atoms with van der Waals surface area (Å²) >= 11 is 0. The Morgan fingerprint density at radius 2 is 2.33 bits per heavy atom. The summed E-state index contributed by atoms with van der Waals surface area (Å²) in [5.74, 6) is 0.506. The lowest BCUT2D eigenvalue weighted by atomic mass is 9.95. The predicted octanol–water partition coefficient (Wildman–Crippen LogP) is 0.673. The van der Waals surface area contributed by atoms with Gasteiger partial charge in [-0.3, -0.25) is 4.79 Å². The highest BCUT2D eigenvalue weighted by molar-refractivity contribution is 5.85. The van der Waals surface area contributed by atoms with Gasteiger partial charge in [0.05, 0.1) is 0 Å². The SMILES string of the molecule is Cl.NC(=O)CCC1CCCNC1. The summed E-state index contributed by atoms with van der Waals surface area (Å²) in [7, 11) is 0. The molecule has 0 radical (unpaired) electrons. The van der Waals surface area contributed by atoms with Crippen molar-refractivity contribution in [2.75, 3.05) is 13.1 Å². The third-order valence-electron chi connectivity index (χ3n) is 2.20. The van der Waals surface area contributed by atoms with Crippen LogP contribution in [0.1, 0.15) is 25.7 Å². The summed E-state index contributed by atoms with van der Waals surface area (Å²) in [6, 6.07) is 0.